The van der Waals surface area contributed by atoms with Gasteiger partial charge in [0.05, 0.1) is 17.2 Å². The van der Waals surface area contributed by atoms with Crippen molar-refractivity contribution in [3.05, 3.63) is 33.3 Å². The van der Waals surface area contributed by atoms with Crippen molar-refractivity contribution in [2.24, 2.45) is 0 Å². The fourth-order valence-corrected chi connectivity index (χ4v) is 3.13. The zero-order chi connectivity index (χ0) is 14.5. The molecule has 2 rings (SSSR count). The Kier molecular flexibility index (Phi) is 5.84. The molecular weight excluding hydrogens is 344 g/mol. The fourth-order valence-electron chi connectivity index (χ4n) is 2.37. The molecule has 0 spiro atoms. The van der Waals surface area contributed by atoms with E-state index in [4.69, 9.17) is 16.7 Å². The molecular formula is C14H18BrClN2O2. The summed E-state index contributed by atoms with van der Waals surface area (Å²) < 4.78 is 0.865. The number of nitrogens with zero attached hydrogens (tertiary/aromatic N) is 2. The van der Waals surface area contributed by atoms with Crippen LogP contribution in [0.2, 0.25) is 5.02 Å². The summed E-state index contributed by atoms with van der Waals surface area (Å²) in [5.74, 6) is -0.0200. The minimum Gasteiger partial charge on any atom is -0.395 e. The van der Waals surface area contributed by atoms with E-state index in [1.807, 2.05) is 11.0 Å². The van der Waals surface area contributed by atoms with Crippen LogP contribution in [0.15, 0.2) is 22.7 Å². The largest absolute Gasteiger partial charge is 0.395 e. The Bertz CT molecular complexity index is 484. The summed E-state index contributed by atoms with van der Waals surface area (Å²) in [6.07, 6.45) is 0.917. The predicted molar refractivity (Wildman–Crippen MR) is 83.2 cm³/mol. The molecule has 0 saturated carbocycles. The molecule has 0 atom stereocenters. The first-order valence-corrected chi connectivity index (χ1v) is 7.86. The molecule has 1 aliphatic heterocycles. The molecule has 1 aliphatic rings. The second-order valence-corrected chi connectivity index (χ2v) is 6.16. The van der Waals surface area contributed by atoms with Crippen LogP contribution in [0.5, 0.6) is 0 Å². The van der Waals surface area contributed by atoms with Crippen LogP contribution in [0.1, 0.15) is 16.8 Å². The highest BCUT2D eigenvalue weighted by Gasteiger charge is 2.21. The highest BCUT2D eigenvalue weighted by atomic mass is 79.9. The van der Waals surface area contributed by atoms with E-state index in [2.05, 4.69) is 20.8 Å². The van der Waals surface area contributed by atoms with Gasteiger partial charge in [-0.2, -0.15) is 0 Å². The number of hydrogen-bond donors (Lipinski definition) is 1. The van der Waals surface area contributed by atoms with Crippen molar-refractivity contribution in [2.75, 3.05) is 39.3 Å². The van der Waals surface area contributed by atoms with Gasteiger partial charge in [0.25, 0.3) is 5.91 Å². The normalized spacial score (nSPS) is 17.1. The molecule has 1 aromatic rings. The van der Waals surface area contributed by atoms with Gasteiger partial charge in [0.2, 0.25) is 0 Å². The van der Waals surface area contributed by atoms with Crippen LogP contribution in [0.4, 0.5) is 0 Å². The first kappa shape index (κ1) is 15.8. The van der Waals surface area contributed by atoms with Gasteiger partial charge in [-0.15, -0.1) is 0 Å². The molecule has 0 aromatic heterocycles. The van der Waals surface area contributed by atoms with Crippen molar-refractivity contribution in [2.45, 2.75) is 6.42 Å². The zero-order valence-electron chi connectivity index (χ0n) is 11.2. The van der Waals surface area contributed by atoms with E-state index in [-0.39, 0.29) is 12.5 Å². The Balaban J connectivity index is 2.05. The standard InChI is InChI=1S/C14H18BrClN2O2/c15-11-2-3-12(13(16)10-11)14(20)18-5-1-4-17(6-7-18)8-9-19/h2-3,10,19H,1,4-9H2. The van der Waals surface area contributed by atoms with Gasteiger partial charge in [0, 0.05) is 30.7 Å². The van der Waals surface area contributed by atoms with Gasteiger partial charge >= 0.3 is 0 Å². The van der Waals surface area contributed by atoms with Gasteiger partial charge in [-0.25, -0.2) is 0 Å². The van der Waals surface area contributed by atoms with E-state index in [0.717, 1.165) is 30.5 Å². The molecule has 110 valence electrons. The Labute approximate surface area is 132 Å². The molecule has 1 saturated heterocycles. The molecule has 1 N–H and O–H groups in total. The maximum absolute atomic E-state index is 12.5. The minimum absolute atomic E-state index is 0.0200. The number of carbonyl (C=O) groups is 1. The molecule has 0 aliphatic carbocycles. The van der Waals surface area contributed by atoms with Crippen molar-refractivity contribution < 1.29 is 9.90 Å². The van der Waals surface area contributed by atoms with Gasteiger partial charge in [-0.05, 0) is 31.2 Å². The van der Waals surface area contributed by atoms with Gasteiger partial charge in [-0.1, -0.05) is 27.5 Å². The van der Waals surface area contributed by atoms with E-state index >= 15 is 0 Å². The summed E-state index contributed by atoms with van der Waals surface area (Å²) in [5.41, 5.74) is 0.547. The number of halogens is 2. The number of aliphatic hydroxyl groups is 1. The van der Waals surface area contributed by atoms with Crippen LogP contribution in [0.3, 0.4) is 0 Å². The fraction of sp³-hybridized carbons (Fsp3) is 0.500. The first-order chi connectivity index (χ1) is 9.61. The summed E-state index contributed by atoms with van der Waals surface area (Å²) in [4.78, 5) is 16.5. The van der Waals surface area contributed by atoms with Gasteiger partial charge in [-0.3, -0.25) is 9.69 Å². The first-order valence-electron chi connectivity index (χ1n) is 6.69. The molecule has 1 aromatic carbocycles. The molecule has 1 heterocycles. The number of aliphatic hydroxyl groups excluding tert-OH is 1. The molecule has 0 radical (unpaired) electrons. The third kappa shape index (κ3) is 3.95. The summed E-state index contributed by atoms with van der Waals surface area (Å²) >= 11 is 9.48. The van der Waals surface area contributed by atoms with Crippen molar-refractivity contribution in [1.82, 2.24) is 9.80 Å². The summed E-state index contributed by atoms with van der Waals surface area (Å²) in [6.45, 7) is 3.94. The Morgan fingerprint density at radius 2 is 2.10 bits per heavy atom. The predicted octanol–water partition coefficient (Wildman–Crippen LogP) is 2.24. The third-order valence-corrected chi connectivity index (χ3v) is 4.26. The van der Waals surface area contributed by atoms with Crippen molar-refractivity contribution >= 4 is 33.4 Å². The van der Waals surface area contributed by atoms with E-state index < -0.39 is 0 Å². The Hall–Kier alpha value is -0.620. The van der Waals surface area contributed by atoms with Crippen molar-refractivity contribution in [1.29, 1.82) is 0 Å². The molecule has 6 heteroatoms. The molecule has 1 amide bonds. The van der Waals surface area contributed by atoms with Gasteiger partial charge < -0.3 is 10.0 Å². The van der Waals surface area contributed by atoms with E-state index in [1.54, 1.807) is 12.1 Å². The quantitative estimate of drug-likeness (QED) is 0.898. The molecule has 1 fully saturated rings. The molecule has 0 bridgehead atoms. The lowest BCUT2D eigenvalue weighted by molar-refractivity contribution is 0.0760. The maximum atomic E-state index is 12.5. The van der Waals surface area contributed by atoms with E-state index in [9.17, 15) is 4.79 Å². The van der Waals surface area contributed by atoms with Crippen LogP contribution in [0, 0.1) is 0 Å². The lowest BCUT2D eigenvalue weighted by Crippen LogP contribution is -2.36. The molecule has 20 heavy (non-hydrogen) atoms. The van der Waals surface area contributed by atoms with E-state index in [0.29, 0.717) is 23.7 Å². The average Bonchev–Trinajstić information content (AvgIpc) is 2.64. The summed E-state index contributed by atoms with van der Waals surface area (Å²) in [6, 6.07) is 5.32. The topological polar surface area (TPSA) is 43.8 Å². The summed E-state index contributed by atoms with van der Waals surface area (Å²) in [5, 5.41) is 9.45. The van der Waals surface area contributed by atoms with Crippen LogP contribution in [-0.4, -0.2) is 60.1 Å². The Morgan fingerprint density at radius 3 is 2.80 bits per heavy atom. The Morgan fingerprint density at radius 1 is 1.30 bits per heavy atom. The van der Waals surface area contributed by atoms with E-state index in [1.165, 1.54) is 0 Å². The second kappa shape index (κ2) is 7.41. The van der Waals surface area contributed by atoms with Crippen LogP contribution < -0.4 is 0 Å². The zero-order valence-corrected chi connectivity index (χ0v) is 13.5. The average molecular weight is 362 g/mol. The van der Waals surface area contributed by atoms with Crippen molar-refractivity contribution in [3.63, 3.8) is 0 Å². The number of benzene rings is 1. The number of hydrogen-bond acceptors (Lipinski definition) is 3. The molecule has 0 unspecified atom stereocenters. The smallest absolute Gasteiger partial charge is 0.255 e. The SMILES string of the molecule is O=C(c1ccc(Br)cc1Cl)N1CCCN(CCO)CC1. The number of carbonyl (C=O) groups excluding carboxylic acids is 1. The number of rotatable bonds is 3. The lowest BCUT2D eigenvalue weighted by atomic mass is 10.2. The highest BCUT2D eigenvalue weighted by molar-refractivity contribution is 9.10. The van der Waals surface area contributed by atoms with Crippen LogP contribution >= 0.6 is 27.5 Å². The van der Waals surface area contributed by atoms with Crippen molar-refractivity contribution in [3.8, 4) is 0 Å². The number of β-amino-alcohol motifs (C(OH)–C–C–N with tert-alkyl or cyclic N) is 1. The van der Waals surface area contributed by atoms with Crippen LogP contribution in [-0.2, 0) is 0 Å². The van der Waals surface area contributed by atoms with Gasteiger partial charge in [0.15, 0.2) is 0 Å². The van der Waals surface area contributed by atoms with Gasteiger partial charge in [0.1, 0.15) is 0 Å². The van der Waals surface area contributed by atoms with Crippen LogP contribution in [0.25, 0.3) is 0 Å². The minimum atomic E-state index is -0.0200. The second-order valence-electron chi connectivity index (χ2n) is 4.84. The lowest BCUT2D eigenvalue weighted by Gasteiger charge is -2.22. The molecule has 4 nitrogen and oxygen atoms in total. The summed E-state index contributed by atoms with van der Waals surface area (Å²) in [7, 11) is 0. The monoisotopic (exact) mass is 360 g/mol. The number of amides is 1. The maximum Gasteiger partial charge on any atom is 0.255 e. The third-order valence-electron chi connectivity index (χ3n) is 3.45. The highest BCUT2D eigenvalue weighted by Crippen LogP contribution is 2.23.